The fraction of sp³-hybridized carbons (Fsp3) is 0.692. The van der Waals surface area contributed by atoms with Crippen molar-refractivity contribution in [3.8, 4) is 0 Å². The molecule has 0 aliphatic carbocycles. The number of carboxylic acids is 1. The summed E-state index contributed by atoms with van der Waals surface area (Å²) in [5.41, 5.74) is 0. The number of urea groups is 1. The molecule has 0 fully saturated rings. The van der Waals surface area contributed by atoms with Gasteiger partial charge in [0, 0.05) is 26.1 Å². The summed E-state index contributed by atoms with van der Waals surface area (Å²) in [6.07, 6.45) is 3.31. The molecule has 5 nitrogen and oxygen atoms in total. The van der Waals surface area contributed by atoms with Crippen LogP contribution >= 0.6 is 0 Å². The number of carbonyl (C=O) groups is 2. The van der Waals surface area contributed by atoms with E-state index >= 15 is 0 Å². The molecule has 5 heteroatoms. The fourth-order valence-electron chi connectivity index (χ4n) is 1.55. The molecule has 0 heterocycles. The molecule has 0 bridgehead atoms. The van der Waals surface area contributed by atoms with Gasteiger partial charge >= 0.3 is 12.0 Å². The Morgan fingerprint density at radius 3 is 2.67 bits per heavy atom. The molecular weight excluding hydrogens is 232 g/mol. The maximum atomic E-state index is 11.8. The Morgan fingerprint density at radius 2 is 2.17 bits per heavy atom. The molecule has 2 amide bonds. The molecule has 2 N–H and O–H groups in total. The van der Waals surface area contributed by atoms with Crippen LogP contribution in [0.25, 0.3) is 0 Å². The van der Waals surface area contributed by atoms with Crippen molar-refractivity contribution < 1.29 is 14.7 Å². The molecule has 1 atom stereocenters. The van der Waals surface area contributed by atoms with Crippen molar-refractivity contribution in [1.82, 2.24) is 10.2 Å². The number of nitrogens with one attached hydrogen (secondary N) is 1. The molecule has 0 aliphatic heterocycles. The first-order valence-electron chi connectivity index (χ1n) is 6.36. The third kappa shape index (κ3) is 7.70. The quantitative estimate of drug-likeness (QED) is 0.621. The number of hydrogen-bond donors (Lipinski definition) is 2. The van der Waals surface area contributed by atoms with Crippen LogP contribution < -0.4 is 5.32 Å². The Kier molecular flexibility index (Phi) is 8.70. The van der Waals surface area contributed by atoms with E-state index in [0.29, 0.717) is 26.1 Å². The zero-order chi connectivity index (χ0) is 14.0. The van der Waals surface area contributed by atoms with Crippen molar-refractivity contribution >= 4 is 12.0 Å². The van der Waals surface area contributed by atoms with Crippen molar-refractivity contribution in [2.45, 2.75) is 33.1 Å². The van der Waals surface area contributed by atoms with E-state index in [9.17, 15) is 9.59 Å². The SMILES string of the molecule is C=CCN(CCC)C(=O)NCC(C)CCC(=O)O. The maximum Gasteiger partial charge on any atom is 0.317 e. The number of aliphatic carboxylic acids is 1. The Morgan fingerprint density at radius 1 is 1.50 bits per heavy atom. The third-order valence-electron chi connectivity index (χ3n) is 2.58. The Bertz CT molecular complexity index is 279. The van der Waals surface area contributed by atoms with Gasteiger partial charge in [0.15, 0.2) is 0 Å². The molecule has 0 saturated carbocycles. The van der Waals surface area contributed by atoms with E-state index in [2.05, 4.69) is 11.9 Å². The molecule has 0 aromatic rings. The van der Waals surface area contributed by atoms with Crippen LogP contribution in [0.5, 0.6) is 0 Å². The Hall–Kier alpha value is -1.52. The zero-order valence-electron chi connectivity index (χ0n) is 11.3. The predicted octanol–water partition coefficient (Wildman–Crippen LogP) is 2.09. The highest BCUT2D eigenvalue weighted by atomic mass is 16.4. The number of hydrogen-bond acceptors (Lipinski definition) is 2. The lowest BCUT2D eigenvalue weighted by atomic mass is 10.1. The van der Waals surface area contributed by atoms with Crippen LogP contribution in [0, 0.1) is 5.92 Å². The monoisotopic (exact) mass is 256 g/mol. The van der Waals surface area contributed by atoms with E-state index in [4.69, 9.17) is 5.11 Å². The van der Waals surface area contributed by atoms with E-state index in [1.54, 1.807) is 11.0 Å². The zero-order valence-corrected chi connectivity index (χ0v) is 11.3. The van der Waals surface area contributed by atoms with Gasteiger partial charge < -0.3 is 15.3 Å². The summed E-state index contributed by atoms with van der Waals surface area (Å²) in [6, 6.07) is -0.112. The lowest BCUT2D eigenvalue weighted by Gasteiger charge is -2.22. The molecule has 0 aromatic heterocycles. The van der Waals surface area contributed by atoms with Crippen LogP contribution in [0.4, 0.5) is 4.79 Å². The summed E-state index contributed by atoms with van der Waals surface area (Å²) >= 11 is 0. The van der Waals surface area contributed by atoms with Gasteiger partial charge in [0.1, 0.15) is 0 Å². The number of carboxylic acid groups (broad SMARTS) is 1. The summed E-state index contributed by atoms with van der Waals surface area (Å²) < 4.78 is 0. The summed E-state index contributed by atoms with van der Waals surface area (Å²) in [6.45, 7) is 9.30. The van der Waals surface area contributed by atoms with E-state index in [1.807, 2.05) is 13.8 Å². The van der Waals surface area contributed by atoms with Crippen LogP contribution in [0.2, 0.25) is 0 Å². The third-order valence-corrected chi connectivity index (χ3v) is 2.58. The second kappa shape index (κ2) is 9.50. The van der Waals surface area contributed by atoms with Crippen molar-refractivity contribution in [1.29, 1.82) is 0 Å². The Labute approximate surface area is 109 Å². The minimum Gasteiger partial charge on any atom is -0.481 e. The second-order valence-corrected chi connectivity index (χ2v) is 4.46. The largest absolute Gasteiger partial charge is 0.481 e. The van der Waals surface area contributed by atoms with Crippen molar-refractivity contribution in [2.75, 3.05) is 19.6 Å². The molecule has 0 aromatic carbocycles. The van der Waals surface area contributed by atoms with Crippen molar-refractivity contribution in [2.24, 2.45) is 5.92 Å². The summed E-state index contributed by atoms with van der Waals surface area (Å²) in [5.74, 6) is -0.635. The predicted molar refractivity (Wildman–Crippen MR) is 71.5 cm³/mol. The van der Waals surface area contributed by atoms with Crippen LogP contribution in [0.3, 0.4) is 0 Å². The first-order chi connectivity index (χ1) is 8.51. The Balaban J connectivity index is 3.97. The lowest BCUT2D eigenvalue weighted by Crippen LogP contribution is -2.42. The molecule has 0 rings (SSSR count). The van der Waals surface area contributed by atoms with Crippen LogP contribution in [-0.2, 0) is 4.79 Å². The standard InChI is InChI=1S/C13H24N2O3/c1-4-8-15(9-5-2)13(18)14-10-11(3)6-7-12(16)17/h4,11H,1,5-10H2,2-3H3,(H,14,18)(H,16,17). The second-order valence-electron chi connectivity index (χ2n) is 4.46. The van der Waals surface area contributed by atoms with Crippen molar-refractivity contribution in [3.05, 3.63) is 12.7 Å². The van der Waals surface area contributed by atoms with Gasteiger partial charge in [0.05, 0.1) is 0 Å². The van der Waals surface area contributed by atoms with E-state index in [1.165, 1.54) is 0 Å². The minimum atomic E-state index is -0.799. The van der Waals surface area contributed by atoms with E-state index in [0.717, 1.165) is 6.42 Å². The molecule has 0 radical (unpaired) electrons. The highest BCUT2D eigenvalue weighted by Crippen LogP contribution is 2.04. The van der Waals surface area contributed by atoms with Crippen molar-refractivity contribution in [3.63, 3.8) is 0 Å². The van der Waals surface area contributed by atoms with Gasteiger partial charge in [-0.05, 0) is 18.8 Å². The highest BCUT2D eigenvalue weighted by Gasteiger charge is 2.12. The summed E-state index contributed by atoms with van der Waals surface area (Å²) in [4.78, 5) is 23.9. The molecule has 0 saturated heterocycles. The molecule has 0 spiro atoms. The number of carbonyl (C=O) groups excluding carboxylic acids is 1. The minimum absolute atomic E-state index is 0.112. The average Bonchev–Trinajstić information content (AvgIpc) is 2.33. The van der Waals surface area contributed by atoms with Gasteiger partial charge in [-0.2, -0.15) is 0 Å². The molecular formula is C13H24N2O3. The van der Waals surface area contributed by atoms with E-state index in [-0.39, 0.29) is 18.4 Å². The van der Waals surface area contributed by atoms with Gasteiger partial charge in [0.2, 0.25) is 0 Å². The first-order valence-corrected chi connectivity index (χ1v) is 6.36. The molecule has 1 unspecified atom stereocenters. The van der Waals surface area contributed by atoms with Gasteiger partial charge in [-0.25, -0.2) is 4.79 Å². The van der Waals surface area contributed by atoms with Gasteiger partial charge in [-0.1, -0.05) is 19.9 Å². The molecule has 0 aliphatic rings. The smallest absolute Gasteiger partial charge is 0.317 e. The van der Waals surface area contributed by atoms with Gasteiger partial charge in [0.25, 0.3) is 0 Å². The number of amides is 2. The van der Waals surface area contributed by atoms with Crippen LogP contribution in [0.15, 0.2) is 12.7 Å². The van der Waals surface area contributed by atoms with Gasteiger partial charge in [-0.3, -0.25) is 4.79 Å². The number of rotatable bonds is 9. The average molecular weight is 256 g/mol. The maximum absolute atomic E-state index is 11.8. The lowest BCUT2D eigenvalue weighted by molar-refractivity contribution is -0.137. The van der Waals surface area contributed by atoms with E-state index < -0.39 is 5.97 Å². The molecule has 18 heavy (non-hydrogen) atoms. The first kappa shape index (κ1) is 16.5. The topological polar surface area (TPSA) is 69.6 Å². The molecule has 104 valence electrons. The van der Waals surface area contributed by atoms with Crippen LogP contribution in [0.1, 0.15) is 33.1 Å². The fourth-order valence-corrected chi connectivity index (χ4v) is 1.55. The summed E-state index contributed by atoms with van der Waals surface area (Å²) in [5, 5.41) is 11.4. The summed E-state index contributed by atoms with van der Waals surface area (Å²) in [7, 11) is 0. The van der Waals surface area contributed by atoms with Gasteiger partial charge in [-0.15, -0.1) is 6.58 Å². The normalized spacial score (nSPS) is 11.7. The number of nitrogens with zero attached hydrogens (tertiary/aromatic N) is 1. The highest BCUT2D eigenvalue weighted by molar-refractivity contribution is 5.74. The van der Waals surface area contributed by atoms with Crippen LogP contribution in [-0.4, -0.2) is 41.6 Å².